The number of rotatable bonds is 8. The van der Waals surface area contributed by atoms with Crippen LogP contribution >= 0.6 is 0 Å². The molecule has 1 aromatic rings. The predicted molar refractivity (Wildman–Crippen MR) is 122 cm³/mol. The highest BCUT2D eigenvalue weighted by Gasteiger charge is 2.54. The van der Waals surface area contributed by atoms with Crippen molar-refractivity contribution in [1.29, 1.82) is 0 Å². The average molecular weight is 457 g/mol. The number of nitrogens with one attached hydrogen (secondary N) is 1. The van der Waals surface area contributed by atoms with Gasteiger partial charge in [0.15, 0.2) is 0 Å². The van der Waals surface area contributed by atoms with Gasteiger partial charge in [-0.05, 0) is 55.6 Å². The maximum Gasteiger partial charge on any atom is 0.526 e. The van der Waals surface area contributed by atoms with Crippen LogP contribution in [0.2, 0.25) is 5.82 Å². The zero-order valence-electron chi connectivity index (χ0n) is 18.7. The molecule has 5 N–H and O–H groups in total. The zero-order valence-corrected chi connectivity index (χ0v) is 18.7. The lowest BCUT2D eigenvalue weighted by Crippen LogP contribution is -2.56. The van der Waals surface area contributed by atoms with Crippen molar-refractivity contribution in [2.24, 2.45) is 11.7 Å². The van der Waals surface area contributed by atoms with Crippen LogP contribution in [0, 0.1) is 5.92 Å². The smallest absolute Gasteiger partial charge is 0.526 e. The Morgan fingerprint density at radius 2 is 2.00 bits per heavy atom. The van der Waals surface area contributed by atoms with Crippen LogP contribution in [0.15, 0.2) is 12.1 Å². The van der Waals surface area contributed by atoms with Crippen LogP contribution in [0.1, 0.15) is 60.4 Å². The molecule has 1 amide bonds. The van der Waals surface area contributed by atoms with Gasteiger partial charge in [-0.1, -0.05) is 6.07 Å². The van der Waals surface area contributed by atoms with E-state index in [-0.39, 0.29) is 40.8 Å². The number of carbonyl (C=O) groups excluding carboxylic acids is 1. The molecule has 2 heterocycles. The Morgan fingerprint density at radius 1 is 1.24 bits per heavy atom. The van der Waals surface area contributed by atoms with Gasteiger partial charge in [-0.2, -0.15) is 0 Å². The van der Waals surface area contributed by atoms with Gasteiger partial charge >= 0.3 is 13.1 Å². The van der Waals surface area contributed by atoms with Crippen molar-refractivity contribution in [2.75, 3.05) is 26.2 Å². The van der Waals surface area contributed by atoms with Gasteiger partial charge in [0.05, 0.1) is 13.1 Å². The Kier molecular flexibility index (Phi) is 6.24. The first kappa shape index (κ1) is 22.5. The summed E-state index contributed by atoms with van der Waals surface area (Å²) in [6.07, 6.45) is 5.38. The summed E-state index contributed by atoms with van der Waals surface area (Å²) in [5.41, 5.74) is 6.34. The molecular weight excluding hydrogens is 425 g/mol. The van der Waals surface area contributed by atoms with Crippen LogP contribution in [0.3, 0.4) is 0 Å². The van der Waals surface area contributed by atoms with E-state index in [1.807, 2.05) is 6.07 Å². The number of nitrogens with two attached hydrogens (primary N) is 1. The van der Waals surface area contributed by atoms with E-state index in [1.54, 1.807) is 11.0 Å². The molecule has 0 radical (unpaired) electrons. The van der Waals surface area contributed by atoms with Gasteiger partial charge in [0.25, 0.3) is 0 Å². The normalized spacial score (nSPS) is 28.3. The monoisotopic (exact) mass is 457 g/mol. The first-order valence-corrected chi connectivity index (χ1v) is 12.1. The number of carboxylic acid groups (broad SMARTS) is 1. The number of likely N-dealkylation sites (tertiary alicyclic amines) is 1. The second kappa shape index (κ2) is 9.16. The van der Waals surface area contributed by atoms with Crippen LogP contribution in [-0.4, -0.2) is 72.4 Å². The molecule has 0 aromatic heterocycles. The van der Waals surface area contributed by atoms with E-state index in [4.69, 9.17) is 15.1 Å². The standard InChI is InChI=1S/C23H32BN3O6/c25-7-8-26-14-3-1-13(2-4-14)9-20(28)27-11-15(12-27)32-19-6-5-16-17-10-18(17)24(31)33-22(16)21(19)23(29)30/h5-6,13-15,17-18,26,31H,1-4,7-12,25H2,(H,29,30)/t13?,14?,17-,18-/m1/s1. The second-order valence-corrected chi connectivity index (χ2v) is 9.88. The van der Waals surface area contributed by atoms with Gasteiger partial charge in [0.1, 0.15) is 23.2 Å². The fourth-order valence-electron chi connectivity index (χ4n) is 5.53. The van der Waals surface area contributed by atoms with Crippen molar-refractivity contribution >= 4 is 19.0 Å². The third kappa shape index (κ3) is 4.56. The van der Waals surface area contributed by atoms with E-state index in [2.05, 4.69) is 5.32 Å². The van der Waals surface area contributed by atoms with Crippen molar-refractivity contribution in [3.8, 4) is 11.5 Å². The van der Waals surface area contributed by atoms with Crippen molar-refractivity contribution in [1.82, 2.24) is 10.2 Å². The van der Waals surface area contributed by atoms with Gasteiger partial charge in [0.2, 0.25) is 5.91 Å². The predicted octanol–water partition coefficient (Wildman–Crippen LogP) is 1.20. The Balaban J connectivity index is 1.13. The minimum Gasteiger partial charge on any atom is -0.535 e. The molecular formula is C23H32BN3O6. The number of carboxylic acids is 1. The highest BCUT2D eigenvalue weighted by Crippen LogP contribution is 2.60. The average Bonchev–Trinajstić information content (AvgIpc) is 3.56. The van der Waals surface area contributed by atoms with Crippen LogP contribution in [-0.2, 0) is 4.79 Å². The zero-order chi connectivity index (χ0) is 23.1. The van der Waals surface area contributed by atoms with E-state index in [1.165, 1.54) is 0 Å². The lowest BCUT2D eigenvalue weighted by Gasteiger charge is -2.40. The summed E-state index contributed by atoms with van der Waals surface area (Å²) < 4.78 is 11.5. The third-order valence-corrected chi connectivity index (χ3v) is 7.59. The van der Waals surface area contributed by atoms with Crippen LogP contribution in [0.25, 0.3) is 0 Å². The van der Waals surface area contributed by atoms with E-state index >= 15 is 0 Å². The molecule has 178 valence electrons. The molecule has 3 fully saturated rings. The molecule has 5 rings (SSSR count). The van der Waals surface area contributed by atoms with Crippen molar-refractivity contribution in [3.63, 3.8) is 0 Å². The molecule has 2 aliphatic heterocycles. The minimum absolute atomic E-state index is 0.0401. The highest BCUT2D eigenvalue weighted by molar-refractivity contribution is 6.48. The van der Waals surface area contributed by atoms with Crippen molar-refractivity contribution in [2.45, 2.75) is 62.4 Å². The van der Waals surface area contributed by atoms with Gasteiger partial charge in [-0.15, -0.1) is 0 Å². The molecule has 10 heteroatoms. The molecule has 4 aliphatic rings. The Morgan fingerprint density at radius 3 is 2.70 bits per heavy atom. The summed E-state index contributed by atoms with van der Waals surface area (Å²) in [4.78, 5) is 26.4. The molecule has 2 saturated carbocycles. The molecule has 1 saturated heterocycles. The van der Waals surface area contributed by atoms with Crippen LogP contribution < -0.4 is 20.4 Å². The number of fused-ring (bicyclic) bond motifs is 3. The van der Waals surface area contributed by atoms with E-state index < -0.39 is 13.1 Å². The van der Waals surface area contributed by atoms with Crippen molar-refractivity contribution < 1.29 is 29.1 Å². The fourth-order valence-corrected chi connectivity index (χ4v) is 5.53. The Labute approximate surface area is 193 Å². The number of ether oxygens (including phenoxy) is 1. The van der Waals surface area contributed by atoms with Gasteiger partial charge < -0.3 is 35.5 Å². The van der Waals surface area contributed by atoms with Crippen LogP contribution in [0.5, 0.6) is 11.5 Å². The summed E-state index contributed by atoms with van der Waals surface area (Å²) >= 11 is 0. The van der Waals surface area contributed by atoms with E-state index in [0.29, 0.717) is 38.0 Å². The molecule has 2 atom stereocenters. The number of amides is 1. The summed E-state index contributed by atoms with van der Waals surface area (Å²) in [7, 11) is -0.973. The number of nitrogens with zero attached hydrogens (tertiary/aromatic N) is 1. The lowest BCUT2D eigenvalue weighted by molar-refractivity contribution is -0.141. The SMILES string of the molecule is NCCNC1CCC(CC(=O)N2CC(Oc3ccc4c(c3C(=O)O)OB(O)[C@@H]3C[C@H]43)C2)CC1. The van der Waals surface area contributed by atoms with Gasteiger partial charge in [-0.25, -0.2) is 4.79 Å². The largest absolute Gasteiger partial charge is 0.535 e. The van der Waals surface area contributed by atoms with Crippen molar-refractivity contribution in [3.05, 3.63) is 23.3 Å². The Hall–Kier alpha value is -2.30. The molecule has 9 nitrogen and oxygen atoms in total. The molecule has 0 unspecified atom stereocenters. The molecule has 2 aliphatic carbocycles. The highest BCUT2D eigenvalue weighted by atomic mass is 16.5. The summed E-state index contributed by atoms with van der Waals surface area (Å²) in [6.45, 7) is 2.39. The van der Waals surface area contributed by atoms with E-state index in [9.17, 15) is 19.7 Å². The molecule has 0 spiro atoms. The summed E-state index contributed by atoms with van der Waals surface area (Å²) in [5.74, 6) is 0.0689. The summed E-state index contributed by atoms with van der Waals surface area (Å²) in [6, 6.07) is 4.03. The number of aromatic carboxylic acids is 1. The number of hydrogen-bond acceptors (Lipinski definition) is 7. The first-order chi connectivity index (χ1) is 15.9. The molecule has 0 bridgehead atoms. The number of carbonyl (C=O) groups is 2. The first-order valence-electron chi connectivity index (χ1n) is 12.1. The van der Waals surface area contributed by atoms with Gasteiger partial charge in [-0.3, -0.25) is 4.79 Å². The Bertz CT molecular complexity index is 916. The maximum absolute atomic E-state index is 12.7. The second-order valence-electron chi connectivity index (χ2n) is 9.88. The molecule has 33 heavy (non-hydrogen) atoms. The molecule has 1 aromatic carbocycles. The lowest BCUT2D eigenvalue weighted by atomic mass is 9.77. The fraction of sp³-hybridized carbons (Fsp3) is 0.652. The number of hydrogen-bond donors (Lipinski definition) is 4. The van der Waals surface area contributed by atoms with Gasteiger partial charge in [0, 0.05) is 31.4 Å². The third-order valence-electron chi connectivity index (χ3n) is 7.59. The quantitative estimate of drug-likeness (QED) is 0.428. The van der Waals surface area contributed by atoms with E-state index in [0.717, 1.165) is 44.2 Å². The van der Waals surface area contributed by atoms with Crippen LogP contribution in [0.4, 0.5) is 0 Å². The number of benzene rings is 1. The topological polar surface area (TPSA) is 134 Å². The minimum atomic E-state index is -1.14. The summed E-state index contributed by atoms with van der Waals surface area (Å²) in [5, 5.41) is 23.3. The maximum atomic E-state index is 12.7.